The highest BCUT2D eigenvalue weighted by Crippen LogP contribution is 2.31. The van der Waals surface area contributed by atoms with Gasteiger partial charge in [0.1, 0.15) is 0 Å². The second-order valence-corrected chi connectivity index (χ2v) is 7.35. The number of alkyl halides is 3. The van der Waals surface area contributed by atoms with E-state index in [1.807, 2.05) is 29.2 Å². The van der Waals surface area contributed by atoms with Crippen molar-refractivity contribution in [2.45, 2.75) is 19.0 Å². The molecule has 1 fully saturated rings. The third-order valence-corrected chi connectivity index (χ3v) is 5.25. The van der Waals surface area contributed by atoms with Gasteiger partial charge in [-0.15, -0.1) is 10.2 Å². The molecular formula is C22H20F3N5O. The van der Waals surface area contributed by atoms with Gasteiger partial charge in [0, 0.05) is 42.7 Å². The number of halogens is 3. The van der Waals surface area contributed by atoms with Crippen molar-refractivity contribution in [2.75, 3.05) is 23.3 Å². The van der Waals surface area contributed by atoms with Crippen molar-refractivity contribution in [1.29, 1.82) is 0 Å². The summed E-state index contributed by atoms with van der Waals surface area (Å²) >= 11 is 0. The zero-order valence-corrected chi connectivity index (χ0v) is 16.5. The van der Waals surface area contributed by atoms with Gasteiger partial charge in [-0.05, 0) is 55.3 Å². The number of nitrogens with zero attached hydrogens (tertiary/aromatic N) is 4. The summed E-state index contributed by atoms with van der Waals surface area (Å²) in [5.41, 5.74) is 0.978. The van der Waals surface area contributed by atoms with E-state index in [4.69, 9.17) is 0 Å². The normalized spacial score (nSPS) is 15.0. The molecule has 1 N–H and O–H groups in total. The molecule has 0 saturated carbocycles. The quantitative estimate of drug-likeness (QED) is 0.668. The highest BCUT2D eigenvalue weighted by molar-refractivity contribution is 5.92. The van der Waals surface area contributed by atoms with Gasteiger partial charge in [-0.1, -0.05) is 6.07 Å². The van der Waals surface area contributed by atoms with E-state index >= 15 is 0 Å². The molecule has 1 saturated heterocycles. The average Bonchev–Trinajstić information content (AvgIpc) is 2.79. The van der Waals surface area contributed by atoms with Crippen molar-refractivity contribution >= 4 is 17.4 Å². The molecule has 0 bridgehead atoms. The van der Waals surface area contributed by atoms with Gasteiger partial charge in [0.2, 0.25) is 5.91 Å². The molecule has 3 heterocycles. The second-order valence-electron chi connectivity index (χ2n) is 7.35. The number of nitrogens with one attached hydrogen (secondary N) is 1. The Morgan fingerprint density at radius 1 is 1.03 bits per heavy atom. The summed E-state index contributed by atoms with van der Waals surface area (Å²) in [4.78, 5) is 18.7. The van der Waals surface area contributed by atoms with Gasteiger partial charge in [0.25, 0.3) is 0 Å². The molecule has 31 heavy (non-hydrogen) atoms. The number of rotatable bonds is 4. The summed E-state index contributed by atoms with van der Waals surface area (Å²) in [6.45, 7) is 1.23. The molecule has 6 nitrogen and oxygen atoms in total. The van der Waals surface area contributed by atoms with E-state index < -0.39 is 11.7 Å². The molecule has 0 aliphatic carbocycles. The SMILES string of the molecule is O=C(Nc1cccc(C(F)(F)F)c1)C1CCN(c2ccc(-c3cccnc3)nn2)CC1. The number of anilines is 2. The Balaban J connectivity index is 1.34. The molecule has 1 aromatic carbocycles. The summed E-state index contributed by atoms with van der Waals surface area (Å²) in [7, 11) is 0. The molecule has 0 atom stereocenters. The summed E-state index contributed by atoms with van der Waals surface area (Å²) < 4.78 is 38.6. The van der Waals surface area contributed by atoms with Crippen molar-refractivity contribution in [3.63, 3.8) is 0 Å². The topological polar surface area (TPSA) is 71.0 Å². The Morgan fingerprint density at radius 2 is 1.84 bits per heavy atom. The lowest BCUT2D eigenvalue weighted by molar-refractivity contribution is -0.137. The minimum absolute atomic E-state index is 0.152. The first-order valence-corrected chi connectivity index (χ1v) is 9.87. The van der Waals surface area contributed by atoms with Crippen LogP contribution in [-0.4, -0.2) is 34.2 Å². The van der Waals surface area contributed by atoms with Crippen molar-refractivity contribution in [1.82, 2.24) is 15.2 Å². The first-order chi connectivity index (χ1) is 14.9. The molecule has 1 amide bonds. The maximum absolute atomic E-state index is 12.9. The molecule has 9 heteroatoms. The van der Waals surface area contributed by atoms with Crippen LogP contribution in [0.4, 0.5) is 24.7 Å². The Kier molecular flexibility index (Phi) is 5.83. The molecule has 3 aromatic rings. The van der Waals surface area contributed by atoms with Gasteiger partial charge in [-0.3, -0.25) is 9.78 Å². The van der Waals surface area contributed by atoms with Crippen LogP contribution in [0, 0.1) is 5.92 Å². The average molecular weight is 427 g/mol. The maximum Gasteiger partial charge on any atom is 0.416 e. The number of carbonyl (C=O) groups excluding carboxylic acids is 1. The van der Waals surface area contributed by atoms with Crippen molar-refractivity contribution in [3.05, 3.63) is 66.5 Å². The van der Waals surface area contributed by atoms with Gasteiger partial charge >= 0.3 is 6.18 Å². The van der Waals surface area contributed by atoms with E-state index in [1.165, 1.54) is 12.1 Å². The summed E-state index contributed by atoms with van der Waals surface area (Å²) in [5.74, 6) is 0.190. The first-order valence-electron chi connectivity index (χ1n) is 9.87. The van der Waals surface area contributed by atoms with Gasteiger partial charge < -0.3 is 10.2 Å². The van der Waals surface area contributed by atoms with Gasteiger partial charge in [-0.2, -0.15) is 13.2 Å². The standard InChI is InChI=1S/C22H20F3N5O/c23-22(24,25)17-4-1-5-18(13-17)27-21(31)15-8-11-30(12-9-15)20-7-6-19(28-29-20)16-3-2-10-26-14-16/h1-7,10,13-15H,8-9,11-12H2,(H,27,31). The van der Waals surface area contributed by atoms with Crippen molar-refractivity contribution in [3.8, 4) is 11.3 Å². The molecular weight excluding hydrogens is 407 g/mol. The predicted octanol–water partition coefficient (Wildman–Crippen LogP) is 4.41. The first kappa shape index (κ1) is 20.8. The van der Waals surface area contributed by atoms with Crippen molar-refractivity contribution in [2.24, 2.45) is 5.92 Å². The van der Waals surface area contributed by atoms with E-state index in [2.05, 4.69) is 20.5 Å². The van der Waals surface area contributed by atoms with Crippen molar-refractivity contribution < 1.29 is 18.0 Å². The third kappa shape index (κ3) is 4.99. The Morgan fingerprint density at radius 3 is 2.48 bits per heavy atom. The largest absolute Gasteiger partial charge is 0.416 e. The minimum atomic E-state index is -4.44. The fraction of sp³-hybridized carbons (Fsp3) is 0.273. The molecule has 160 valence electrons. The lowest BCUT2D eigenvalue weighted by atomic mass is 9.95. The molecule has 0 spiro atoms. The van der Waals surface area contributed by atoms with Crippen LogP contribution in [0.2, 0.25) is 0 Å². The van der Waals surface area contributed by atoms with Crippen LogP contribution in [0.15, 0.2) is 60.9 Å². The number of piperidine rings is 1. The van der Waals surface area contributed by atoms with E-state index in [9.17, 15) is 18.0 Å². The minimum Gasteiger partial charge on any atom is -0.355 e. The number of amides is 1. The summed E-state index contributed by atoms with van der Waals surface area (Å²) in [5, 5.41) is 11.2. The summed E-state index contributed by atoms with van der Waals surface area (Å²) in [6.07, 6.45) is 0.129. The molecule has 4 rings (SSSR count). The number of aromatic nitrogens is 3. The van der Waals surface area contributed by atoms with Gasteiger partial charge in [0.15, 0.2) is 5.82 Å². The molecule has 1 aliphatic heterocycles. The van der Waals surface area contributed by atoms with E-state index in [-0.39, 0.29) is 17.5 Å². The predicted molar refractivity (Wildman–Crippen MR) is 110 cm³/mol. The number of carbonyl (C=O) groups is 1. The molecule has 0 unspecified atom stereocenters. The van der Waals surface area contributed by atoms with Crippen LogP contribution in [0.25, 0.3) is 11.3 Å². The third-order valence-electron chi connectivity index (χ3n) is 5.25. The highest BCUT2D eigenvalue weighted by Gasteiger charge is 2.31. The van der Waals surface area contributed by atoms with E-state index in [0.717, 1.165) is 29.2 Å². The van der Waals surface area contributed by atoms with E-state index in [0.29, 0.717) is 25.9 Å². The highest BCUT2D eigenvalue weighted by atomic mass is 19.4. The van der Waals surface area contributed by atoms with Gasteiger partial charge in [-0.25, -0.2) is 0 Å². The molecule has 1 aliphatic rings. The van der Waals surface area contributed by atoms with Crippen LogP contribution in [0.5, 0.6) is 0 Å². The van der Waals surface area contributed by atoms with Crippen LogP contribution < -0.4 is 10.2 Å². The van der Waals surface area contributed by atoms with Crippen LogP contribution >= 0.6 is 0 Å². The molecule has 2 aromatic heterocycles. The van der Waals surface area contributed by atoms with Crippen LogP contribution in [0.1, 0.15) is 18.4 Å². The molecule has 0 radical (unpaired) electrons. The van der Waals surface area contributed by atoms with Crippen LogP contribution in [0.3, 0.4) is 0 Å². The number of hydrogen-bond acceptors (Lipinski definition) is 5. The lowest BCUT2D eigenvalue weighted by Gasteiger charge is -2.31. The monoisotopic (exact) mass is 427 g/mol. The zero-order chi connectivity index (χ0) is 21.8. The summed E-state index contributed by atoms with van der Waals surface area (Å²) in [6, 6.07) is 12.2. The Labute approximate surface area is 177 Å². The number of benzene rings is 1. The number of pyridine rings is 1. The van der Waals surface area contributed by atoms with Crippen LogP contribution in [-0.2, 0) is 11.0 Å². The smallest absolute Gasteiger partial charge is 0.355 e. The Bertz CT molecular complexity index is 1030. The Hall–Kier alpha value is -3.49. The number of hydrogen-bond donors (Lipinski definition) is 1. The fourth-order valence-electron chi connectivity index (χ4n) is 3.55. The fourth-order valence-corrected chi connectivity index (χ4v) is 3.55. The van der Waals surface area contributed by atoms with Gasteiger partial charge in [0.05, 0.1) is 11.3 Å². The maximum atomic E-state index is 12.9. The van der Waals surface area contributed by atoms with E-state index in [1.54, 1.807) is 12.4 Å². The second kappa shape index (κ2) is 8.71. The zero-order valence-electron chi connectivity index (χ0n) is 16.5. The lowest BCUT2D eigenvalue weighted by Crippen LogP contribution is -2.38.